The van der Waals surface area contributed by atoms with Gasteiger partial charge in [-0.05, 0) is 24.1 Å². The summed E-state index contributed by atoms with van der Waals surface area (Å²) in [4.78, 5) is 13.9. The van der Waals surface area contributed by atoms with Gasteiger partial charge in [-0.1, -0.05) is 6.07 Å². The van der Waals surface area contributed by atoms with Crippen LogP contribution in [0.1, 0.15) is 21.6 Å². The van der Waals surface area contributed by atoms with Crippen LogP contribution in [0.2, 0.25) is 0 Å². The van der Waals surface area contributed by atoms with Gasteiger partial charge < -0.3 is 4.90 Å². The number of alkyl halides is 3. The smallest absolute Gasteiger partial charge is 0.308 e. The minimum Gasteiger partial charge on any atom is -0.308 e. The number of carbonyl (C=O) groups excluding carboxylic acids is 1. The summed E-state index contributed by atoms with van der Waals surface area (Å²) in [5.41, 5.74) is -0.849. The van der Waals surface area contributed by atoms with E-state index < -0.39 is 33.4 Å². The first-order valence-electron chi connectivity index (χ1n) is 7.91. The molecule has 0 saturated carbocycles. The number of nitrogens with zero attached hydrogens (tertiary/aromatic N) is 4. The number of amides is 1. The van der Waals surface area contributed by atoms with E-state index in [1.807, 2.05) is 0 Å². The van der Waals surface area contributed by atoms with E-state index in [4.69, 9.17) is 0 Å². The Balaban J connectivity index is 2.05. The van der Waals surface area contributed by atoms with E-state index in [9.17, 15) is 26.4 Å². The lowest BCUT2D eigenvalue weighted by atomic mass is 10.1. The van der Waals surface area contributed by atoms with Crippen molar-refractivity contribution in [2.75, 3.05) is 25.5 Å². The second-order valence-electron chi connectivity index (χ2n) is 6.35. The molecule has 0 unspecified atom stereocenters. The van der Waals surface area contributed by atoms with E-state index in [1.165, 1.54) is 33.3 Å². The van der Waals surface area contributed by atoms with Crippen molar-refractivity contribution in [1.29, 1.82) is 0 Å². The predicted molar refractivity (Wildman–Crippen MR) is 90.9 cm³/mol. The molecule has 11 heteroatoms. The van der Waals surface area contributed by atoms with Gasteiger partial charge in [0.15, 0.2) is 5.69 Å². The maximum Gasteiger partial charge on any atom is 0.435 e. The fourth-order valence-corrected chi connectivity index (χ4v) is 3.86. The quantitative estimate of drug-likeness (QED) is 0.786. The summed E-state index contributed by atoms with van der Waals surface area (Å²) in [5.74, 6) is -0.867. The zero-order valence-electron chi connectivity index (χ0n) is 14.8. The number of rotatable bonds is 3. The van der Waals surface area contributed by atoms with Gasteiger partial charge in [0, 0.05) is 39.6 Å². The highest BCUT2D eigenvalue weighted by Gasteiger charge is 2.41. The molecule has 0 radical (unpaired) electrons. The fourth-order valence-electron chi connectivity index (χ4n) is 2.94. The molecule has 146 valence electrons. The van der Waals surface area contributed by atoms with Gasteiger partial charge in [-0.25, -0.2) is 12.7 Å². The first-order chi connectivity index (χ1) is 12.4. The van der Waals surface area contributed by atoms with Crippen LogP contribution in [0.15, 0.2) is 29.3 Å². The number of anilines is 1. The van der Waals surface area contributed by atoms with Gasteiger partial charge in [0.1, 0.15) is 0 Å². The minimum absolute atomic E-state index is 0.0341. The van der Waals surface area contributed by atoms with E-state index in [1.54, 1.807) is 6.07 Å². The van der Waals surface area contributed by atoms with Crippen molar-refractivity contribution in [2.45, 2.75) is 17.5 Å². The Morgan fingerprint density at radius 2 is 1.93 bits per heavy atom. The molecule has 7 nitrogen and oxygen atoms in total. The van der Waals surface area contributed by atoms with E-state index >= 15 is 0 Å². The third-order valence-electron chi connectivity index (χ3n) is 4.30. The van der Waals surface area contributed by atoms with Crippen molar-refractivity contribution in [3.63, 3.8) is 0 Å². The average molecular weight is 402 g/mol. The Labute approximate surface area is 154 Å². The third-order valence-corrected chi connectivity index (χ3v) is 6.11. The topological polar surface area (TPSA) is 75.5 Å². The highest BCUT2D eigenvalue weighted by Crippen LogP contribution is 2.35. The van der Waals surface area contributed by atoms with Crippen LogP contribution in [-0.2, 0) is 29.7 Å². The van der Waals surface area contributed by atoms with Crippen LogP contribution in [0.4, 0.5) is 18.9 Å². The molecule has 2 aromatic rings. The Kier molecular flexibility index (Phi) is 4.55. The lowest BCUT2D eigenvalue weighted by molar-refractivity contribution is -0.141. The zero-order valence-corrected chi connectivity index (χ0v) is 15.6. The number of fused-ring (bicyclic) bond motifs is 1. The Morgan fingerprint density at radius 3 is 2.52 bits per heavy atom. The first-order valence-corrected chi connectivity index (χ1v) is 9.35. The molecule has 1 aromatic carbocycles. The van der Waals surface area contributed by atoms with Crippen molar-refractivity contribution in [2.24, 2.45) is 7.05 Å². The van der Waals surface area contributed by atoms with Gasteiger partial charge in [-0.3, -0.25) is 9.48 Å². The summed E-state index contributed by atoms with van der Waals surface area (Å²) in [7, 11) is 0.300. The summed E-state index contributed by atoms with van der Waals surface area (Å²) in [5, 5.41) is 3.35. The largest absolute Gasteiger partial charge is 0.435 e. The van der Waals surface area contributed by atoms with Crippen molar-refractivity contribution < 1.29 is 26.4 Å². The number of sulfonamides is 1. The summed E-state index contributed by atoms with van der Waals surface area (Å²) < 4.78 is 66.2. The second-order valence-corrected chi connectivity index (χ2v) is 8.50. The standard InChI is InChI=1S/C16H17F3N4O3S/c1-21(2)27(25,26)11-5-4-10-6-7-23(13(10)8-11)15(24)12-9-22(3)20-14(12)16(17,18)19/h4-5,8-9H,6-7H2,1-3H3. The lowest BCUT2D eigenvalue weighted by Gasteiger charge is -2.19. The molecule has 3 rings (SSSR count). The number of hydrogen-bond acceptors (Lipinski definition) is 4. The molecular weight excluding hydrogens is 385 g/mol. The van der Waals surface area contributed by atoms with Crippen molar-refractivity contribution in [3.8, 4) is 0 Å². The van der Waals surface area contributed by atoms with Gasteiger partial charge in [0.2, 0.25) is 10.0 Å². The summed E-state index contributed by atoms with van der Waals surface area (Å²) in [6.45, 7) is 0.159. The van der Waals surface area contributed by atoms with E-state index in [-0.39, 0.29) is 11.4 Å². The fraction of sp³-hybridized carbons (Fsp3) is 0.375. The monoisotopic (exact) mass is 402 g/mol. The summed E-state index contributed by atoms with van der Waals surface area (Å²) in [6, 6.07) is 4.32. The van der Waals surface area contributed by atoms with Crippen molar-refractivity contribution in [3.05, 3.63) is 41.2 Å². The third kappa shape index (κ3) is 3.32. The minimum atomic E-state index is -4.77. The molecule has 0 bridgehead atoms. The van der Waals surface area contributed by atoms with Crippen LogP contribution < -0.4 is 4.90 Å². The van der Waals surface area contributed by atoms with E-state index in [2.05, 4.69) is 5.10 Å². The van der Waals surface area contributed by atoms with Crippen LogP contribution in [0, 0.1) is 0 Å². The average Bonchev–Trinajstić information content (AvgIpc) is 3.16. The molecule has 1 amide bonds. The van der Waals surface area contributed by atoms with Crippen LogP contribution in [0.5, 0.6) is 0 Å². The molecule has 27 heavy (non-hydrogen) atoms. The highest BCUT2D eigenvalue weighted by atomic mass is 32.2. The highest BCUT2D eigenvalue weighted by molar-refractivity contribution is 7.89. The van der Waals surface area contributed by atoms with Gasteiger partial charge in [-0.2, -0.15) is 18.3 Å². The van der Waals surface area contributed by atoms with Crippen LogP contribution in [-0.4, -0.2) is 49.1 Å². The number of aromatic nitrogens is 2. The van der Waals surface area contributed by atoms with Crippen LogP contribution in [0.25, 0.3) is 0 Å². The Morgan fingerprint density at radius 1 is 1.26 bits per heavy atom. The normalized spacial score (nSPS) is 14.7. The number of carbonyl (C=O) groups is 1. The number of hydrogen-bond donors (Lipinski definition) is 0. The predicted octanol–water partition coefficient (Wildman–Crippen LogP) is 1.89. The van der Waals surface area contributed by atoms with Gasteiger partial charge in [-0.15, -0.1) is 0 Å². The molecule has 0 N–H and O–H groups in total. The molecule has 0 saturated heterocycles. The van der Waals surface area contributed by atoms with Crippen molar-refractivity contribution in [1.82, 2.24) is 14.1 Å². The molecule has 0 spiro atoms. The summed E-state index contributed by atoms with van der Waals surface area (Å²) >= 11 is 0. The Hall–Kier alpha value is -2.40. The second kappa shape index (κ2) is 6.34. The van der Waals surface area contributed by atoms with E-state index in [0.717, 1.165) is 20.1 Å². The van der Waals surface area contributed by atoms with Crippen molar-refractivity contribution >= 4 is 21.6 Å². The first kappa shape index (κ1) is 19.4. The molecule has 0 atom stereocenters. The van der Waals surface area contributed by atoms with E-state index in [0.29, 0.717) is 17.7 Å². The van der Waals surface area contributed by atoms with Crippen LogP contribution >= 0.6 is 0 Å². The maximum absolute atomic E-state index is 13.2. The Bertz CT molecular complexity index is 1010. The molecular formula is C16H17F3N4O3S. The van der Waals surface area contributed by atoms with Gasteiger partial charge >= 0.3 is 6.18 Å². The number of aryl methyl sites for hydroxylation is 1. The molecule has 2 heterocycles. The molecule has 0 fully saturated rings. The SMILES string of the molecule is CN(C)S(=O)(=O)c1ccc2c(c1)N(C(=O)c1cn(C)nc1C(F)(F)F)CC2. The van der Waals surface area contributed by atoms with Crippen LogP contribution in [0.3, 0.4) is 0 Å². The zero-order chi connectivity index (χ0) is 20.1. The number of benzene rings is 1. The molecule has 1 aromatic heterocycles. The van der Waals surface area contributed by atoms with Gasteiger partial charge in [0.25, 0.3) is 5.91 Å². The molecule has 0 aliphatic carbocycles. The van der Waals surface area contributed by atoms with Gasteiger partial charge in [0.05, 0.1) is 10.5 Å². The molecule has 1 aliphatic rings. The maximum atomic E-state index is 13.2. The lowest BCUT2D eigenvalue weighted by Crippen LogP contribution is -2.30. The summed E-state index contributed by atoms with van der Waals surface area (Å²) in [6.07, 6.45) is -3.33. The molecule has 1 aliphatic heterocycles. The number of halogens is 3.